The lowest BCUT2D eigenvalue weighted by molar-refractivity contribution is 0.0508. The van der Waals surface area contributed by atoms with E-state index in [9.17, 15) is 9.18 Å². The zero-order valence-corrected chi connectivity index (χ0v) is 14.4. The number of nitrogens with one attached hydrogen (secondary N) is 2. The summed E-state index contributed by atoms with van der Waals surface area (Å²) >= 11 is 3.32. The summed E-state index contributed by atoms with van der Waals surface area (Å²) in [5.74, 6) is -0.273. The van der Waals surface area contributed by atoms with Gasteiger partial charge in [0.25, 0.3) is 0 Å². The molecule has 0 radical (unpaired) electrons. The average Bonchev–Trinajstić information content (AvgIpc) is 2.29. The lowest BCUT2D eigenvalue weighted by Crippen LogP contribution is -2.42. The van der Waals surface area contributed by atoms with Crippen LogP contribution in [-0.2, 0) is 11.3 Å². The Balaban J connectivity index is 2.33. The van der Waals surface area contributed by atoms with E-state index < -0.39 is 11.7 Å². The normalized spacial score (nSPS) is 12.9. The Labute approximate surface area is 133 Å². The van der Waals surface area contributed by atoms with Crippen LogP contribution in [0.2, 0.25) is 0 Å². The summed E-state index contributed by atoms with van der Waals surface area (Å²) < 4.78 is 18.9. The van der Waals surface area contributed by atoms with Crippen LogP contribution in [0.3, 0.4) is 0 Å². The average molecular weight is 361 g/mol. The van der Waals surface area contributed by atoms with Crippen molar-refractivity contribution in [3.05, 3.63) is 34.1 Å². The van der Waals surface area contributed by atoms with Crippen molar-refractivity contribution in [3.63, 3.8) is 0 Å². The number of rotatable bonds is 5. The Hall–Kier alpha value is -1.14. The number of hydrogen-bond acceptors (Lipinski definition) is 3. The molecule has 0 aliphatic rings. The quantitative estimate of drug-likeness (QED) is 0.843. The van der Waals surface area contributed by atoms with Gasteiger partial charge < -0.3 is 15.4 Å². The van der Waals surface area contributed by atoms with E-state index in [0.717, 1.165) is 10.0 Å². The largest absolute Gasteiger partial charge is 0.444 e. The summed E-state index contributed by atoms with van der Waals surface area (Å²) in [5, 5.41) is 5.96. The Bertz CT molecular complexity index is 489. The van der Waals surface area contributed by atoms with E-state index >= 15 is 0 Å². The Kier molecular flexibility index (Phi) is 6.61. The monoisotopic (exact) mass is 360 g/mol. The summed E-state index contributed by atoms with van der Waals surface area (Å²) in [5.41, 5.74) is 0.455. The summed E-state index contributed by atoms with van der Waals surface area (Å²) in [7, 11) is 0. The van der Waals surface area contributed by atoms with E-state index in [-0.39, 0.29) is 11.9 Å². The van der Waals surface area contributed by atoms with Crippen molar-refractivity contribution < 1.29 is 13.9 Å². The number of alkyl carbamates (subject to hydrolysis) is 1. The molecule has 0 heterocycles. The minimum absolute atomic E-state index is 0.0703. The number of amides is 1. The van der Waals surface area contributed by atoms with Crippen LogP contribution in [0.25, 0.3) is 0 Å². The molecule has 0 saturated carbocycles. The first-order chi connectivity index (χ1) is 9.67. The molecule has 0 bridgehead atoms. The Morgan fingerprint density at radius 1 is 1.43 bits per heavy atom. The number of halogens is 2. The highest BCUT2D eigenvalue weighted by Crippen LogP contribution is 2.17. The third-order valence-corrected chi connectivity index (χ3v) is 3.28. The van der Waals surface area contributed by atoms with Gasteiger partial charge in [-0.15, -0.1) is 0 Å². The Morgan fingerprint density at radius 2 is 2.10 bits per heavy atom. The minimum atomic E-state index is -0.504. The molecule has 21 heavy (non-hydrogen) atoms. The van der Waals surface area contributed by atoms with Gasteiger partial charge in [0.05, 0.1) is 0 Å². The number of ether oxygens (including phenoxy) is 1. The van der Waals surface area contributed by atoms with Crippen LogP contribution in [0.15, 0.2) is 22.7 Å². The smallest absolute Gasteiger partial charge is 0.407 e. The molecule has 6 heteroatoms. The molecule has 0 aliphatic carbocycles. The summed E-state index contributed by atoms with van der Waals surface area (Å²) in [6.07, 6.45) is -0.431. The van der Waals surface area contributed by atoms with Gasteiger partial charge in [-0.2, -0.15) is 0 Å². The fraction of sp³-hybridized carbons (Fsp3) is 0.533. The zero-order chi connectivity index (χ0) is 16.0. The van der Waals surface area contributed by atoms with Crippen LogP contribution in [0, 0.1) is 5.82 Å². The topological polar surface area (TPSA) is 50.4 Å². The van der Waals surface area contributed by atoms with Gasteiger partial charge in [0, 0.05) is 23.6 Å². The Morgan fingerprint density at radius 3 is 2.67 bits per heavy atom. The first kappa shape index (κ1) is 17.9. The molecule has 1 aromatic rings. The SMILES string of the molecule is CC(CNCc1ccc(F)cc1Br)NC(=O)OC(C)(C)C. The van der Waals surface area contributed by atoms with Crippen molar-refractivity contribution in [2.75, 3.05) is 6.54 Å². The van der Waals surface area contributed by atoms with Crippen LogP contribution in [0.4, 0.5) is 9.18 Å². The number of carbonyl (C=O) groups is 1. The van der Waals surface area contributed by atoms with E-state index in [1.54, 1.807) is 6.07 Å². The maximum Gasteiger partial charge on any atom is 0.407 e. The summed E-state index contributed by atoms with van der Waals surface area (Å²) in [6, 6.07) is 4.50. The van der Waals surface area contributed by atoms with Gasteiger partial charge in [0.1, 0.15) is 11.4 Å². The highest BCUT2D eigenvalue weighted by molar-refractivity contribution is 9.10. The molecule has 0 aliphatic heterocycles. The lowest BCUT2D eigenvalue weighted by Gasteiger charge is -2.22. The van der Waals surface area contributed by atoms with E-state index in [2.05, 4.69) is 26.6 Å². The molecule has 118 valence electrons. The van der Waals surface area contributed by atoms with Crippen LogP contribution in [-0.4, -0.2) is 24.3 Å². The van der Waals surface area contributed by atoms with Gasteiger partial charge >= 0.3 is 6.09 Å². The first-order valence-electron chi connectivity index (χ1n) is 6.81. The molecule has 4 nitrogen and oxygen atoms in total. The molecule has 1 amide bonds. The zero-order valence-electron chi connectivity index (χ0n) is 12.8. The number of benzene rings is 1. The van der Waals surface area contributed by atoms with Crippen molar-refractivity contribution in [1.29, 1.82) is 0 Å². The third-order valence-electron chi connectivity index (χ3n) is 2.54. The molecule has 0 spiro atoms. The van der Waals surface area contributed by atoms with Gasteiger partial charge in [-0.3, -0.25) is 0 Å². The second kappa shape index (κ2) is 7.75. The van der Waals surface area contributed by atoms with Gasteiger partial charge in [0.2, 0.25) is 0 Å². The second-order valence-electron chi connectivity index (χ2n) is 5.91. The highest BCUT2D eigenvalue weighted by atomic mass is 79.9. The van der Waals surface area contributed by atoms with Crippen LogP contribution < -0.4 is 10.6 Å². The van der Waals surface area contributed by atoms with E-state index in [0.29, 0.717) is 13.1 Å². The molecule has 0 saturated heterocycles. The fourth-order valence-electron chi connectivity index (χ4n) is 1.65. The highest BCUT2D eigenvalue weighted by Gasteiger charge is 2.17. The summed E-state index contributed by atoms with van der Waals surface area (Å²) in [4.78, 5) is 11.6. The predicted molar refractivity (Wildman–Crippen MR) is 84.6 cm³/mol. The van der Waals surface area contributed by atoms with E-state index in [1.807, 2.05) is 27.7 Å². The van der Waals surface area contributed by atoms with Gasteiger partial charge in [-0.25, -0.2) is 9.18 Å². The lowest BCUT2D eigenvalue weighted by atomic mass is 10.2. The standard InChI is InChI=1S/C15H22BrFN2O2/c1-10(19-14(20)21-15(2,3)4)8-18-9-11-5-6-12(17)7-13(11)16/h5-7,10,18H,8-9H2,1-4H3,(H,19,20). The number of hydrogen-bond donors (Lipinski definition) is 2. The van der Waals surface area contributed by atoms with Gasteiger partial charge in [-0.05, 0) is 45.4 Å². The molecule has 0 fully saturated rings. The molecular formula is C15H22BrFN2O2. The third kappa shape index (κ3) is 7.43. The maximum atomic E-state index is 13.0. The van der Waals surface area contributed by atoms with E-state index in [4.69, 9.17) is 4.74 Å². The molecule has 1 unspecified atom stereocenters. The van der Waals surface area contributed by atoms with Crippen LogP contribution in [0.5, 0.6) is 0 Å². The fourth-order valence-corrected chi connectivity index (χ4v) is 2.14. The molecule has 2 N–H and O–H groups in total. The molecule has 1 atom stereocenters. The summed E-state index contributed by atoms with van der Waals surface area (Å²) in [6.45, 7) is 8.52. The minimum Gasteiger partial charge on any atom is -0.444 e. The number of carbonyl (C=O) groups excluding carboxylic acids is 1. The maximum absolute atomic E-state index is 13.0. The van der Waals surface area contributed by atoms with Crippen molar-refractivity contribution in [1.82, 2.24) is 10.6 Å². The van der Waals surface area contributed by atoms with Crippen LogP contribution >= 0.6 is 15.9 Å². The van der Waals surface area contributed by atoms with Crippen molar-refractivity contribution in [2.45, 2.75) is 45.9 Å². The molecular weight excluding hydrogens is 339 g/mol. The predicted octanol–water partition coefficient (Wildman–Crippen LogP) is 3.59. The van der Waals surface area contributed by atoms with Gasteiger partial charge in [-0.1, -0.05) is 22.0 Å². The second-order valence-corrected chi connectivity index (χ2v) is 6.77. The molecule has 1 rings (SSSR count). The molecule has 0 aromatic heterocycles. The van der Waals surface area contributed by atoms with Crippen molar-refractivity contribution in [3.8, 4) is 0 Å². The van der Waals surface area contributed by atoms with Crippen molar-refractivity contribution in [2.24, 2.45) is 0 Å². The molecule has 1 aromatic carbocycles. The van der Waals surface area contributed by atoms with Gasteiger partial charge in [0.15, 0.2) is 0 Å². The van der Waals surface area contributed by atoms with Crippen molar-refractivity contribution >= 4 is 22.0 Å². The first-order valence-corrected chi connectivity index (χ1v) is 7.61. The van der Waals surface area contributed by atoms with E-state index in [1.165, 1.54) is 12.1 Å². The van der Waals surface area contributed by atoms with Crippen LogP contribution in [0.1, 0.15) is 33.3 Å².